The molecule has 0 aromatic heterocycles. The third-order valence-electron chi connectivity index (χ3n) is 3.76. The van der Waals surface area contributed by atoms with E-state index < -0.39 is 0 Å². The molecule has 0 spiro atoms. The van der Waals surface area contributed by atoms with Crippen molar-refractivity contribution in [3.05, 3.63) is 34.6 Å². The fourth-order valence-corrected chi connectivity index (χ4v) is 2.78. The predicted molar refractivity (Wildman–Crippen MR) is 80.3 cm³/mol. The fraction of sp³-hybridized carbons (Fsp3) is 0.571. The molecule has 1 heterocycles. The van der Waals surface area contributed by atoms with Crippen molar-refractivity contribution in [3.8, 4) is 0 Å². The second kappa shape index (κ2) is 7.44. The first-order chi connectivity index (χ1) is 8.60. The maximum absolute atomic E-state index is 13.8. The zero-order valence-corrected chi connectivity index (χ0v) is 12.7. The van der Waals surface area contributed by atoms with Gasteiger partial charge in [0.25, 0.3) is 0 Å². The van der Waals surface area contributed by atoms with Crippen molar-refractivity contribution in [2.24, 2.45) is 11.7 Å². The van der Waals surface area contributed by atoms with E-state index >= 15 is 0 Å². The molecule has 5 heteroatoms. The van der Waals surface area contributed by atoms with Gasteiger partial charge in [0.2, 0.25) is 0 Å². The average molecular weight is 307 g/mol. The quantitative estimate of drug-likeness (QED) is 0.926. The number of piperidine rings is 1. The summed E-state index contributed by atoms with van der Waals surface area (Å²) in [5.41, 5.74) is 6.52. The Morgan fingerprint density at radius 2 is 2.21 bits per heavy atom. The molecule has 0 amide bonds. The van der Waals surface area contributed by atoms with Crippen LogP contribution in [0.4, 0.5) is 4.39 Å². The van der Waals surface area contributed by atoms with Gasteiger partial charge in [-0.05, 0) is 37.4 Å². The molecule has 0 radical (unpaired) electrons. The summed E-state index contributed by atoms with van der Waals surface area (Å²) < 4.78 is 13.8. The van der Waals surface area contributed by atoms with Gasteiger partial charge in [0.05, 0.1) is 0 Å². The van der Waals surface area contributed by atoms with Gasteiger partial charge in [-0.1, -0.05) is 24.6 Å². The molecule has 1 saturated heterocycles. The Morgan fingerprint density at radius 3 is 2.84 bits per heavy atom. The van der Waals surface area contributed by atoms with E-state index in [9.17, 15) is 4.39 Å². The molecule has 0 bridgehead atoms. The first-order valence-electron chi connectivity index (χ1n) is 6.48. The minimum absolute atomic E-state index is 0. The molecule has 19 heavy (non-hydrogen) atoms. The molecule has 1 aliphatic rings. The fourth-order valence-electron chi connectivity index (χ4n) is 2.62. The molecule has 1 aliphatic heterocycles. The molecule has 2 nitrogen and oxygen atoms in total. The zero-order valence-electron chi connectivity index (χ0n) is 11.1. The first kappa shape index (κ1) is 16.7. The highest BCUT2D eigenvalue weighted by atomic mass is 35.5. The molecular weight excluding hydrogens is 286 g/mol. The third kappa shape index (κ3) is 4.32. The Balaban J connectivity index is 0.00000180. The Kier molecular flexibility index (Phi) is 6.54. The topological polar surface area (TPSA) is 29.3 Å². The van der Waals surface area contributed by atoms with Crippen LogP contribution in [0.1, 0.15) is 25.3 Å². The van der Waals surface area contributed by atoms with Crippen LogP contribution in [0.5, 0.6) is 0 Å². The number of hydrogen-bond donors (Lipinski definition) is 1. The van der Waals surface area contributed by atoms with Crippen LogP contribution in [0, 0.1) is 11.7 Å². The van der Waals surface area contributed by atoms with E-state index in [0.29, 0.717) is 35.6 Å². The van der Waals surface area contributed by atoms with Gasteiger partial charge in [-0.15, -0.1) is 12.4 Å². The van der Waals surface area contributed by atoms with Gasteiger partial charge in [-0.3, -0.25) is 4.90 Å². The molecule has 108 valence electrons. The van der Waals surface area contributed by atoms with Gasteiger partial charge in [-0.2, -0.15) is 0 Å². The second-order valence-electron chi connectivity index (χ2n) is 5.23. The maximum Gasteiger partial charge on any atom is 0.129 e. The van der Waals surface area contributed by atoms with Gasteiger partial charge >= 0.3 is 0 Å². The van der Waals surface area contributed by atoms with Crippen molar-refractivity contribution in [2.45, 2.75) is 32.4 Å². The van der Waals surface area contributed by atoms with E-state index in [1.165, 1.54) is 6.07 Å². The molecular formula is C14H21Cl2FN2. The lowest BCUT2D eigenvalue weighted by molar-refractivity contribution is 0.114. The summed E-state index contributed by atoms with van der Waals surface area (Å²) in [5, 5.41) is 0.443. The van der Waals surface area contributed by atoms with E-state index in [-0.39, 0.29) is 18.2 Å². The van der Waals surface area contributed by atoms with Crippen LogP contribution in [0.3, 0.4) is 0 Å². The largest absolute Gasteiger partial charge is 0.329 e. The summed E-state index contributed by atoms with van der Waals surface area (Å²) in [6.07, 6.45) is 2.26. The average Bonchev–Trinajstić information content (AvgIpc) is 2.34. The summed E-state index contributed by atoms with van der Waals surface area (Å²) in [7, 11) is 0. The summed E-state index contributed by atoms with van der Waals surface area (Å²) in [6.45, 7) is 4.51. The normalized spacial score (nSPS) is 24.0. The number of likely N-dealkylation sites (tertiary alicyclic amines) is 1. The standard InChI is InChI=1S/C14H20ClFN2.ClH/c1-10-4-5-18(13(6-10)8-17)9-11-2-3-12(15)7-14(11)16;/h2-3,7,10,13H,4-6,8-9,17H2,1H3;1H. The molecule has 2 N–H and O–H groups in total. The molecule has 2 unspecified atom stereocenters. The van der Waals surface area contributed by atoms with Crippen LogP contribution in [-0.4, -0.2) is 24.0 Å². The summed E-state index contributed by atoms with van der Waals surface area (Å²) in [4.78, 5) is 2.28. The van der Waals surface area contributed by atoms with Crippen LogP contribution in [0.15, 0.2) is 18.2 Å². The lowest BCUT2D eigenvalue weighted by Crippen LogP contribution is -2.45. The summed E-state index contributed by atoms with van der Waals surface area (Å²) in [5.74, 6) is 0.488. The van der Waals surface area contributed by atoms with E-state index in [1.54, 1.807) is 12.1 Å². The van der Waals surface area contributed by atoms with Crippen molar-refractivity contribution in [2.75, 3.05) is 13.1 Å². The van der Waals surface area contributed by atoms with Gasteiger partial charge in [0.1, 0.15) is 5.82 Å². The van der Waals surface area contributed by atoms with Crippen molar-refractivity contribution in [1.29, 1.82) is 0 Å². The van der Waals surface area contributed by atoms with Crippen LogP contribution in [0.2, 0.25) is 5.02 Å². The number of hydrogen-bond acceptors (Lipinski definition) is 2. The summed E-state index contributed by atoms with van der Waals surface area (Å²) in [6, 6.07) is 5.25. The van der Waals surface area contributed by atoms with Crippen molar-refractivity contribution >= 4 is 24.0 Å². The Morgan fingerprint density at radius 1 is 1.47 bits per heavy atom. The molecule has 0 aliphatic carbocycles. The molecule has 2 rings (SSSR count). The van der Waals surface area contributed by atoms with Gasteiger partial charge in [-0.25, -0.2) is 4.39 Å². The molecule has 1 fully saturated rings. The van der Waals surface area contributed by atoms with Crippen LogP contribution in [-0.2, 0) is 6.54 Å². The van der Waals surface area contributed by atoms with E-state index in [0.717, 1.165) is 19.4 Å². The van der Waals surface area contributed by atoms with E-state index in [1.807, 2.05) is 0 Å². The van der Waals surface area contributed by atoms with Gasteiger partial charge in [0, 0.05) is 29.7 Å². The smallest absolute Gasteiger partial charge is 0.129 e. The molecule has 0 saturated carbocycles. The summed E-state index contributed by atoms with van der Waals surface area (Å²) >= 11 is 5.76. The van der Waals surface area contributed by atoms with Crippen molar-refractivity contribution in [1.82, 2.24) is 4.90 Å². The number of rotatable bonds is 3. The highest BCUT2D eigenvalue weighted by Crippen LogP contribution is 2.25. The highest BCUT2D eigenvalue weighted by Gasteiger charge is 2.25. The SMILES string of the molecule is CC1CCN(Cc2ccc(Cl)cc2F)C(CN)C1.Cl. The predicted octanol–water partition coefficient (Wildman–Crippen LogP) is 3.46. The third-order valence-corrected chi connectivity index (χ3v) is 4.00. The number of nitrogens with two attached hydrogens (primary N) is 1. The van der Waals surface area contributed by atoms with Crippen LogP contribution in [0.25, 0.3) is 0 Å². The highest BCUT2D eigenvalue weighted by molar-refractivity contribution is 6.30. The zero-order chi connectivity index (χ0) is 13.1. The van der Waals surface area contributed by atoms with Gasteiger partial charge < -0.3 is 5.73 Å². The Labute approximate surface area is 125 Å². The number of benzene rings is 1. The minimum Gasteiger partial charge on any atom is -0.329 e. The minimum atomic E-state index is -0.225. The molecule has 2 atom stereocenters. The van der Waals surface area contributed by atoms with Crippen molar-refractivity contribution in [3.63, 3.8) is 0 Å². The van der Waals surface area contributed by atoms with E-state index in [4.69, 9.17) is 17.3 Å². The molecule has 1 aromatic rings. The van der Waals surface area contributed by atoms with Gasteiger partial charge in [0.15, 0.2) is 0 Å². The molecule has 1 aromatic carbocycles. The lowest BCUT2D eigenvalue weighted by atomic mass is 9.92. The Hall–Kier alpha value is -0.350. The lowest BCUT2D eigenvalue weighted by Gasteiger charge is -2.38. The maximum atomic E-state index is 13.8. The first-order valence-corrected chi connectivity index (χ1v) is 6.86. The number of nitrogens with zero attached hydrogens (tertiary/aromatic N) is 1. The van der Waals surface area contributed by atoms with Crippen molar-refractivity contribution < 1.29 is 4.39 Å². The van der Waals surface area contributed by atoms with E-state index in [2.05, 4.69) is 11.8 Å². The number of halogens is 3. The second-order valence-corrected chi connectivity index (χ2v) is 5.66. The van der Waals surface area contributed by atoms with Crippen LogP contribution < -0.4 is 5.73 Å². The van der Waals surface area contributed by atoms with Crippen LogP contribution >= 0.6 is 24.0 Å². The monoisotopic (exact) mass is 306 g/mol. The Bertz CT molecular complexity index is 414.